The third-order valence-corrected chi connectivity index (χ3v) is 1.76. The smallest absolute Gasteiger partial charge is 0.118 e. The number of ether oxygens (including phenoxy) is 1. The summed E-state index contributed by atoms with van der Waals surface area (Å²) in [6.45, 7) is 0.844. The predicted molar refractivity (Wildman–Crippen MR) is 53.5 cm³/mol. The number of hydrogen-bond acceptors (Lipinski definition) is 3. The fourth-order valence-corrected chi connectivity index (χ4v) is 0.993. The van der Waals surface area contributed by atoms with Crippen molar-refractivity contribution in [2.24, 2.45) is 0 Å². The van der Waals surface area contributed by atoms with E-state index in [1.54, 1.807) is 7.11 Å². The average molecular weight is 180 g/mol. The molecular weight excluding hydrogens is 164 g/mol. The van der Waals surface area contributed by atoms with Crippen molar-refractivity contribution >= 4 is 0 Å². The average Bonchev–Trinajstić information content (AvgIpc) is 2.15. The Morgan fingerprint density at radius 3 is 2.31 bits per heavy atom. The van der Waals surface area contributed by atoms with Crippen LogP contribution in [-0.4, -0.2) is 26.2 Å². The van der Waals surface area contributed by atoms with Crippen molar-refractivity contribution in [2.45, 2.75) is 6.54 Å². The lowest BCUT2D eigenvalue weighted by molar-refractivity contribution is 0.286. The van der Waals surface area contributed by atoms with Gasteiger partial charge in [-0.25, -0.2) is 0 Å². The van der Waals surface area contributed by atoms with Crippen LogP contribution in [0, 0.1) is 0 Å². The highest BCUT2D eigenvalue weighted by atomic mass is 16.5. The monoisotopic (exact) mass is 180 g/mol. The molecule has 0 aliphatic heterocycles. The lowest BCUT2D eigenvalue weighted by atomic mass is 10.2. The molecule has 3 nitrogen and oxygen atoms in total. The topological polar surface area (TPSA) is 24.5 Å². The van der Waals surface area contributed by atoms with Gasteiger partial charge in [-0.2, -0.15) is 0 Å². The summed E-state index contributed by atoms with van der Waals surface area (Å²) in [6, 6.07) is 8.03. The molecule has 0 radical (unpaired) electrons. The summed E-state index contributed by atoms with van der Waals surface area (Å²) in [4.78, 5) is 0. The predicted octanol–water partition coefficient (Wildman–Crippen LogP) is 1.26. The van der Waals surface area contributed by atoms with Gasteiger partial charge in [-0.3, -0.25) is 10.4 Å². The summed E-state index contributed by atoms with van der Waals surface area (Å²) in [5.41, 5.74) is 4.44. The maximum absolute atomic E-state index is 5.06. The first-order valence-electron chi connectivity index (χ1n) is 4.26. The Morgan fingerprint density at radius 2 is 1.85 bits per heavy atom. The van der Waals surface area contributed by atoms with Crippen molar-refractivity contribution in [1.82, 2.24) is 10.4 Å². The van der Waals surface area contributed by atoms with E-state index in [2.05, 4.69) is 17.6 Å². The second kappa shape index (κ2) is 4.84. The summed E-state index contributed by atoms with van der Waals surface area (Å²) in [7, 11) is 5.63. The number of benzene rings is 1. The highest BCUT2D eigenvalue weighted by molar-refractivity contribution is 5.26. The van der Waals surface area contributed by atoms with Gasteiger partial charge in [0.15, 0.2) is 0 Å². The van der Waals surface area contributed by atoms with Crippen LogP contribution in [0.25, 0.3) is 0 Å². The Morgan fingerprint density at radius 1 is 1.23 bits per heavy atom. The molecule has 0 atom stereocenters. The van der Waals surface area contributed by atoms with Gasteiger partial charge in [0, 0.05) is 20.6 Å². The van der Waals surface area contributed by atoms with E-state index in [4.69, 9.17) is 4.74 Å². The Bertz CT molecular complexity index is 244. The van der Waals surface area contributed by atoms with Gasteiger partial charge in [0.25, 0.3) is 0 Å². The molecule has 1 rings (SSSR count). The molecule has 0 saturated heterocycles. The van der Waals surface area contributed by atoms with Crippen LogP contribution in [0.5, 0.6) is 5.75 Å². The van der Waals surface area contributed by atoms with Crippen LogP contribution >= 0.6 is 0 Å². The van der Waals surface area contributed by atoms with E-state index in [1.165, 1.54) is 5.56 Å². The molecule has 0 amide bonds. The van der Waals surface area contributed by atoms with Gasteiger partial charge >= 0.3 is 0 Å². The molecule has 0 fully saturated rings. The zero-order chi connectivity index (χ0) is 9.68. The minimum atomic E-state index is 0.844. The largest absolute Gasteiger partial charge is 0.497 e. The number of nitrogens with one attached hydrogen (secondary N) is 1. The Kier molecular flexibility index (Phi) is 3.73. The second-order valence-corrected chi connectivity index (χ2v) is 3.08. The van der Waals surface area contributed by atoms with Gasteiger partial charge in [-0.1, -0.05) is 12.1 Å². The van der Waals surface area contributed by atoms with Gasteiger partial charge in [-0.05, 0) is 17.7 Å². The highest BCUT2D eigenvalue weighted by Crippen LogP contribution is 2.10. The zero-order valence-electron chi connectivity index (χ0n) is 8.37. The summed E-state index contributed by atoms with van der Waals surface area (Å²) in [6.07, 6.45) is 0. The Labute approximate surface area is 79.3 Å². The van der Waals surface area contributed by atoms with Crippen LogP contribution in [0.15, 0.2) is 24.3 Å². The summed E-state index contributed by atoms with van der Waals surface area (Å²) < 4.78 is 5.06. The molecule has 0 unspecified atom stereocenters. The van der Waals surface area contributed by atoms with Gasteiger partial charge in [0.05, 0.1) is 7.11 Å². The molecule has 0 saturated carbocycles. The minimum absolute atomic E-state index is 0.844. The van der Waals surface area contributed by atoms with Crippen molar-refractivity contribution in [3.8, 4) is 5.75 Å². The lowest BCUT2D eigenvalue weighted by Gasteiger charge is -2.11. The van der Waals surface area contributed by atoms with E-state index in [1.807, 2.05) is 31.2 Å². The van der Waals surface area contributed by atoms with E-state index in [0.717, 1.165) is 12.3 Å². The number of methoxy groups -OCH3 is 1. The SMILES string of the molecule is COc1ccc(CNN(C)C)cc1. The molecule has 1 aromatic carbocycles. The number of hydrogen-bond donors (Lipinski definition) is 1. The molecule has 0 spiro atoms. The van der Waals surface area contributed by atoms with Crippen LogP contribution in [-0.2, 0) is 6.54 Å². The van der Waals surface area contributed by atoms with Gasteiger partial charge in [0.1, 0.15) is 5.75 Å². The molecule has 1 aromatic rings. The number of hydrazine groups is 1. The van der Waals surface area contributed by atoms with Crippen molar-refractivity contribution < 1.29 is 4.74 Å². The van der Waals surface area contributed by atoms with E-state index in [-0.39, 0.29) is 0 Å². The molecule has 0 aromatic heterocycles. The first-order valence-corrected chi connectivity index (χ1v) is 4.26. The fraction of sp³-hybridized carbons (Fsp3) is 0.400. The molecule has 13 heavy (non-hydrogen) atoms. The van der Waals surface area contributed by atoms with Crippen LogP contribution in [0.4, 0.5) is 0 Å². The van der Waals surface area contributed by atoms with Crippen LogP contribution in [0.3, 0.4) is 0 Å². The van der Waals surface area contributed by atoms with E-state index >= 15 is 0 Å². The molecule has 0 aliphatic rings. The Hall–Kier alpha value is -1.06. The van der Waals surface area contributed by atoms with Crippen LogP contribution < -0.4 is 10.2 Å². The Balaban J connectivity index is 2.49. The van der Waals surface area contributed by atoms with Gasteiger partial charge in [-0.15, -0.1) is 0 Å². The molecule has 0 aliphatic carbocycles. The van der Waals surface area contributed by atoms with Crippen LogP contribution in [0.1, 0.15) is 5.56 Å². The fourth-order valence-electron chi connectivity index (χ4n) is 0.993. The van der Waals surface area contributed by atoms with E-state index in [9.17, 15) is 0 Å². The molecule has 3 heteroatoms. The number of rotatable bonds is 4. The zero-order valence-corrected chi connectivity index (χ0v) is 8.37. The summed E-state index contributed by atoms with van der Waals surface area (Å²) in [5.74, 6) is 0.897. The standard InChI is InChI=1S/C10H16N2O/c1-12(2)11-8-9-4-6-10(13-3)7-5-9/h4-7,11H,8H2,1-3H3. The molecule has 0 bridgehead atoms. The quantitative estimate of drug-likeness (QED) is 0.706. The number of nitrogens with zero attached hydrogens (tertiary/aromatic N) is 1. The maximum Gasteiger partial charge on any atom is 0.118 e. The first kappa shape index (κ1) is 10.0. The van der Waals surface area contributed by atoms with Crippen LogP contribution in [0.2, 0.25) is 0 Å². The lowest BCUT2D eigenvalue weighted by Crippen LogP contribution is -2.29. The first-order chi connectivity index (χ1) is 6.22. The van der Waals surface area contributed by atoms with Crippen molar-refractivity contribution in [1.29, 1.82) is 0 Å². The summed E-state index contributed by atoms with van der Waals surface area (Å²) >= 11 is 0. The molecule has 1 N–H and O–H groups in total. The third kappa shape index (κ3) is 3.44. The maximum atomic E-state index is 5.06. The van der Waals surface area contributed by atoms with Crippen molar-refractivity contribution in [2.75, 3.05) is 21.2 Å². The molecule has 72 valence electrons. The minimum Gasteiger partial charge on any atom is -0.497 e. The molecule has 0 heterocycles. The van der Waals surface area contributed by atoms with Crippen molar-refractivity contribution in [3.05, 3.63) is 29.8 Å². The summed E-state index contributed by atoms with van der Waals surface area (Å²) in [5, 5.41) is 1.93. The van der Waals surface area contributed by atoms with Crippen molar-refractivity contribution in [3.63, 3.8) is 0 Å². The molecular formula is C10H16N2O. The van der Waals surface area contributed by atoms with Gasteiger partial charge in [0.2, 0.25) is 0 Å². The van der Waals surface area contributed by atoms with E-state index < -0.39 is 0 Å². The highest BCUT2D eigenvalue weighted by Gasteiger charge is 1.94. The van der Waals surface area contributed by atoms with E-state index in [0.29, 0.717) is 0 Å². The van der Waals surface area contributed by atoms with Gasteiger partial charge < -0.3 is 4.74 Å². The normalized spacial score (nSPS) is 10.5. The third-order valence-electron chi connectivity index (χ3n) is 1.76. The second-order valence-electron chi connectivity index (χ2n) is 3.08.